The van der Waals surface area contributed by atoms with Crippen LogP contribution in [0.25, 0.3) is 0 Å². The molecule has 0 bridgehead atoms. The number of pyridine rings is 1. The lowest BCUT2D eigenvalue weighted by Gasteiger charge is -2.23. The molecule has 1 heterocycles. The number of hydrogen-bond donors (Lipinski definition) is 1. The fourth-order valence-corrected chi connectivity index (χ4v) is 2.92. The summed E-state index contributed by atoms with van der Waals surface area (Å²) in [4.78, 5) is 4.65. The second-order valence-corrected chi connectivity index (χ2v) is 5.63. The van der Waals surface area contributed by atoms with Gasteiger partial charge in [-0.15, -0.1) is 0 Å². The normalized spacial score (nSPS) is 12.3. The monoisotopic (exact) mass is 284 g/mol. The van der Waals surface area contributed by atoms with Crippen molar-refractivity contribution in [2.75, 3.05) is 14.2 Å². The highest BCUT2D eigenvalue weighted by molar-refractivity contribution is 5.48. The molecule has 1 aromatic carbocycles. The van der Waals surface area contributed by atoms with Gasteiger partial charge in [0.25, 0.3) is 0 Å². The van der Waals surface area contributed by atoms with Crippen molar-refractivity contribution < 1.29 is 4.74 Å². The van der Waals surface area contributed by atoms with Crippen LogP contribution in [0.15, 0.2) is 24.4 Å². The topological polar surface area (TPSA) is 34.2 Å². The van der Waals surface area contributed by atoms with E-state index in [1.807, 2.05) is 13.2 Å². The minimum atomic E-state index is 0.0288. The van der Waals surface area contributed by atoms with E-state index in [-0.39, 0.29) is 6.04 Å². The van der Waals surface area contributed by atoms with Crippen molar-refractivity contribution >= 4 is 0 Å². The third kappa shape index (κ3) is 3.08. The molecule has 0 amide bonds. The zero-order chi connectivity index (χ0) is 15.6. The van der Waals surface area contributed by atoms with Crippen molar-refractivity contribution in [2.45, 2.75) is 33.7 Å². The molecule has 2 aromatic rings. The lowest BCUT2D eigenvalue weighted by atomic mass is 9.93. The standard InChI is InChI=1S/C18H24N2O/c1-11-7-13(3)16(15(9-11)21-6)18(19-5)17-14(4)8-12(2)10-20-17/h7-10,18-19H,1-6H3. The molecular formula is C18H24N2O. The quantitative estimate of drug-likeness (QED) is 0.931. The largest absolute Gasteiger partial charge is 0.496 e. The van der Waals surface area contributed by atoms with E-state index in [0.29, 0.717) is 0 Å². The molecule has 0 aliphatic heterocycles. The number of aromatic nitrogens is 1. The fraction of sp³-hybridized carbons (Fsp3) is 0.389. The first kappa shape index (κ1) is 15.5. The molecule has 1 unspecified atom stereocenters. The lowest BCUT2D eigenvalue weighted by Crippen LogP contribution is -2.22. The Kier molecular flexibility index (Phi) is 4.63. The van der Waals surface area contributed by atoms with Gasteiger partial charge in [0.15, 0.2) is 0 Å². The molecule has 21 heavy (non-hydrogen) atoms. The van der Waals surface area contributed by atoms with E-state index >= 15 is 0 Å². The van der Waals surface area contributed by atoms with Crippen LogP contribution in [0.3, 0.4) is 0 Å². The van der Waals surface area contributed by atoms with Crippen LogP contribution in [0.5, 0.6) is 5.75 Å². The third-order valence-corrected chi connectivity index (χ3v) is 3.82. The summed E-state index contributed by atoms with van der Waals surface area (Å²) in [6.07, 6.45) is 1.92. The van der Waals surface area contributed by atoms with E-state index in [0.717, 1.165) is 17.0 Å². The molecule has 3 heteroatoms. The van der Waals surface area contributed by atoms with Gasteiger partial charge < -0.3 is 10.1 Å². The van der Waals surface area contributed by atoms with E-state index in [1.54, 1.807) is 7.11 Å². The van der Waals surface area contributed by atoms with E-state index in [9.17, 15) is 0 Å². The first-order chi connectivity index (χ1) is 9.97. The van der Waals surface area contributed by atoms with Crippen LogP contribution in [0.2, 0.25) is 0 Å². The maximum atomic E-state index is 5.61. The number of aryl methyl sites for hydroxylation is 4. The SMILES string of the molecule is CNC(c1ncc(C)cc1C)c1c(C)cc(C)cc1OC. The predicted octanol–water partition coefficient (Wildman–Crippen LogP) is 3.63. The molecule has 0 aliphatic rings. The van der Waals surface area contributed by atoms with E-state index in [1.165, 1.54) is 22.3 Å². The summed E-state index contributed by atoms with van der Waals surface area (Å²) in [6.45, 7) is 8.38. The van der Waals surface area contributed by atoms with Crippen molar-refractivity contribution in [2.24, 2.45) is 0 Å². The average molecular weight is 284 g/mol. The minimum Gasteiger partial charge on any atom is -0.496 e. The van der Waals surface area contributed by atoms with Crippen molar-refractivity contribution in [1.29, 1.82) is 0 Å². The molecule has 112 valence electrons. The Bertz CT molecular complexity index is 650. The Labute approximate surface area is 127 Å². The average Bonchev–Trinajstić information content (AvgIpc) is 2.42. The molecule has 0 radical (unpaired) electrons. The van der Waals surface area contributed by atoms with Gasteiger partial charge in [0.05, 0.1) is 18.8 Å². The summed E-state index contributed by atoms with van der Waals surface area (Å²) in [6, 6.07) is 6.46. The van der Waals surface area contributed by atoms with Gasteiger partial charge in [-0.25, -0.2) is 0 Å². The van der Waals surface area contributed by atoms with Crippen LogP contribution < -0.4 is 10.1 Å². The number of benzene rings is 1. The Morgan fingerprint density at radius 2 is 1.67 bits per heavy atom. The highest BCUT2D eigenvalue weighted by Gasteiger charge is 2.22. The number of ether oxygens (including phenoxy) is 1. The lowest BCUT2D eigenvalue weighted by molar-refractivity contribution is 0.404. The van der Waals surface area contributed by atoms with Crippen molar-refractivity contribution in [3.05, 3.63) is 57.9 Å². The number of nitrogens with zero attached hydrogens (tertiary/aromatic N) is 1. The molecule has 0 aliphatic carbocycles. The van der Waals surface area contributed by atoms with E-state index in [2.05, 4.69) is 56.2 Å². The Morgan fingerprint density at radius 3 is 2.24 bits per heavy atom. The van der Waals surface area contributed by atoms with Crippen molar-refractivity contribution in [1.82, 2.24) is 10.3 Å². The summed E-state index contributed by atoms with van der Waals surface area (Å²) in [5.74, 6) is 0.911. The Hall–Kier alpha value is -1.87. The number of nitrogens with one attached hydrogen (secondary N) is 1. The molecule has 1 aromatic heterocycles. The molecule has 0 spiro atoms. The summed E-state index contributed by atoms with van der Waals surface area (Å²) < 4.78 is 5.61. The summed E-state index contributed by atoms with van der Waals surface area (Å²) in [7, 11) is 3.68. The maximum absolute atomic E-state index is 5.61. The van der Waals surface area contributed by atoms with Crippen molar-refractivity contribution in [3.8, 4) is 5.75 Å². The molecule has 3 nitrogen and oxygen atoms in total. The third-order valence-electron chi connectivity index (χ3n) is 3.82. The van der Waals surface area contributed by atoms with Crippen LogP contribution in [-0.4, -0.2) is 19.1 Å². The first-order valence-corrected chi connectivity index (χ1v) is 7.23. The van der Waals surface area contributed by atoms with Gasteiger partial charge in [-0.05, 0) is 63.1 Å². The van der Waals surface area contributed by atoms with Gasteiger partial charge in [0.1, 0.15) is 5.75 Å². The molecule has 2 rings (SSSR count). The van der Waals surface area contributed by atoms with Gasteiger partial charge in [-0.2, -0.15) is 0 Å². The van der Waals surface area contributed by atoms with Gasteiger partial charge >= 0.3 is 0 Å². The minimum absolute atomic E-state index is 0.0288. The van der Waals surface area contributed by atoms with Gasteiger partial charge in [0, 0.05) is 11.8 Å². The summed E-state index contributed by atoms with van der Waals surface area (Å²) in [5.41, 5.74) is 7.00. The number of methoxy groups -OCH3 is 1. The van der Waals surface area contributed by atoms with Gasteiger partial charge in [0.2, 0.25) is 0 Å². The van der Waals surface area contributed by atoms with Crippen LogP contribution in [0.1, 0.15) is 39.6 Å². The molecule has 0 saturated carbocycles. The maximum Gasteiger partial charge on any atom is 0.124 e. The molecule has 1 atom stereocenters. The highest BCUT2D eigenvalue weighted by Crippen LogP contribution is 2.34. The fourth-order valence-electron chi connectivity index (χ4n) is 2.92. The predicted molar refractivity (Wildman–Crippen MR) is 87.1 cm³/mol. The van der Waals surface area contributed by atoms with Crippen molar-refractivity contribution in [3.63, 3.8) is 0 Å². The molecular weight excluding hydrogens is 260 g/mol. The smallest absolute Gasteiger partial charge is 0.124 e. The second-order valence-electron chi connectivity index (χ2n) is 5.63. The Balaban J connectivity index is 2.61. The second kappa shape index (κ2) is 6.27. The number of rotatable bonds is 4. The Morgan fingerprint density at radius 1 is 1.00 bits per heavy atom. The van der Waals surface area contributed by atoms with E-state index in [4.69, 9.17) is 4.74 Å². The van der Waals surface area contributed by atoms with E-state index < -0.39 is 0 Å². The first-order valence-electron chi connectivity index (χ1n) is 7.23. The highest BCUT2D eigenvalue weighted by atomic mass is 16.5. The van der Waals surface area contributed by atoms with Crippen LogP contribution in [0.4, 0.5) is 0 Å². The summed E-state index contributed by atoms with van der Waals surface area (Å²) >= 11 is 0. The van der Waals surface area contributed by atoms with Crippen LogP contribution >= 0.6 is 0 Å². The van der Waals surface area contributed by atoms with Crippen LogP contribution in [0, 0.1) is 27.7 Å². The molecule has 0 saturated heterocycles. The van der Waals surface area contributed by atoms with Crippen LogP contribution in [-0.2, 0) is 0 Å². The zero-order valence-electron chi connectivity index (χ0n) is 13.7. The van der Waals surface area contributed by atoms with Gasteiger partial charge in [-0.3, -0.25) is 4.98 Å². The molecule has 0 fully saturated rings. The number of hydrogen-bond acceptors (Lipinski definition) is 3. The zero-order valence-corrected chi connectivity index (χ0v) is 13.7. The molecule has 1 N–H and O–H groups in total. The van der Waals surface area contributed by atoms with Gasteiger partial charge in [-0.1, -0.05) is 12.1 Å². The summed E-state index contributed by atoms with van der Waals surface area (Å²) in [5, 5.41) is 3.39.